The molecule has 1 aromatic heterocycles. The van der Waals surface area contributed by atoms with E-state index < -0.39 is 0 Å². The van der Waals surface area contributed by atoms with E-state index >= 15 is 0 Å². The summed E-state index contributed by atoms with van der Waals surface area (Å²) >= 11 is 0. The predicted molar refractivity (Wildman–Crippen MR) is 112 cm³/mol. The van der Waals surface area contributed by atoms with Crippen molar-refractivity contribution >= 4 is 5.91 Å². The van der Waals surface area contributed by atoms with Crippen LogP contribution in [0.2, 0.25) is 0 Å². The van der Waals surface area contributed by atoms with Gasteiger partial charge in [0.25, 0.3) is 5.91 Å². The highest BCUT2D eigenvalue weighted by Crippen LogP contribution is 2.26. The molecule has 0 spiro atoms. The molecule has 0 aliphatic heterocycles. The number of benzene rings is 2. The van der Waals surface area contributed by atoms with Gasteiger partial charge in [0.1, 0.15) is 11.4 Å². The van der Waals surface area contributed by atoms with Gasteiger partial charge in [-0.2, -0.15) is 5.10 Å². The summed E-state index contributed by atoms with van der Waals surface area (Å²) in [6, 6.07) is 15.7. The van der Waals surface area contributed by atoms with Crippen LogP contribution in [0.25, 0.3) is 16.9 Å². The van der Waals surface area contributed by atoms with E-state index in [-0.39, 0.29) is 5.91 Å². The third-order valence-corrected chi connectivity index (χ3v) is 4.72. The van der Waals surface area contributed by atoms with Crippen molar-refractivity contribution in [3.63, 3.8) is 0 Å². The molecule has 28 heavy (non-hydrogen) atoms. The number of carbonyl (C=O) groups excluding carboxylic acids is 1. The van der Waals surface area contributed by atoms with E-state index in [2.05, 4.69) is 30.4 Å². The minimum absolute atomic E-state index is 0.115. The number of hydrogen-bond acceptors (Lipinski definition) is 3. The molecular weight excluding hydrogens is 350 g/mol. The normalized spacial score (nSPS) is 10.7. The number of methoxy groups -OCH3 is 1. The van der Waals surface area contributed by atoms with E-state index in [9.17, 15) is 4.79 Å². The second kappa shape index (κ2) is 8.74. The van der Waals surface area contributed by atoms with Crippen molar-refractivity contribution in [3.8, 4) is 22.7 Å². The Bertz CT molecular complexity index is 976. The molecule has 1 amide bonds. The summed E-state index contributed by atoms with van der Waals surface area (Å²) in [5, 5.41) is 7.78. The number of hydrogen-bond donors (Lipinski definition) is 1. The fourth-order valence-electron chi connectivity index (χ4n) is 3.07. The minimum Gasteiger partial charge on any atom is -0.497 e. The lowest BCUT2D eigenvalue weighted by Gasteiger charge is -2.11. The van der Waals surface area contributed by atoms with Gasteiger partial charge in [0.15, 0.2) is 0 Å². The fourth-order valence-corrected chi connectivity index (χ4v) is 3.07. The van der Waals surface area contributed by atoms with Gasteiger partial charge in [0.2, 0.25) is 0 Å². The zero-order chi connectivity index (χ0) is 20.1. The molecule has 0 saturated carbocycles. The molecule has 0 fully saturated rings. The average Bonchev–Trinajstić information content (AvgIpc) is 3.15. The van der Waals surface area contributed by atoms with Gasteiger partial charge in [-0.1, -0.05) is 37.6 Å². The number of unbranched alkanes of at least 4 members (excludes halogenated alkanes) is 1. The number of amides is 1. The van der Waals surface area contributed by atoms with Gasteiger partial charge < -0.3 is 10.1 Å². The van der Waals surface area contributed by atoms with E-state index in [4.69, 9.17) is 9.84 Å². The minimum atomic E-state index is -0.115. The van der Waals surface area contributed by atoms with Crippen molar-refractivity contribution in [2.45, 2.75) is 33.6 Å². The number of carbonyl (C=O) groups is 1. The highest BCUT2D eigenvalue weighted by molar-refractivity contribution is 5.94. The lowest BCUT2D eigenvalue weighted by atomic mass is 10.1. The Balaban J connectivity index is 2.09. The number of nitrogens with one attached hydrogen (secondary N) is 1. The summed E-state index contributed by atoms with van der Waals surface area (Å²) in [5.74, 6) is 0.642. The third-order valence-electron chi connectivity index (χ3n) is 4.72. The smallest absolute Gasteiger partial charge is 0.270 e. The Labute approximate surface area is 166 Å². The molecule has 3 rings (SSSR count). The molecule has 0 bridgehead atoms. The predicted octanol–water partition coefficient (Wildman–Crippen LogP) is 4.69. The first-order valence-corrected chi connectivity index (χ1v) is 9.63. The molecule has 1 N–H and O–H groups in total. The molecule has 0 aliphatic carbocycles. The van der Waals surface area contributed by atoms with Crippen LogP contribution in [-0.4, -0.2) is 29.3 Å². The summed E-state index contributed by atoms with van der Waals surface area (Å²) < 4.78 is 7.08. The van der Waals surface area contributed by atoms with Crippen LogP contribution in [0.4, 0.5) is 0 Å². The summed E-state index contributed by atoms with van der Waals surface area (Å²) in [7, 11) is 1.64. The van der Waals surface area contributed by atoms with Gasteiger partial charge in [0.05, 0.1) is 18.5 Å². The number of aromatic nitrogens is 2. The van der Waals surface area contributed by atoms with E-state index in [1.807, 2.05) is 44.2 Å². The number of ether oxygens (including phenoxy) is 1. The zero-order valence-corrected chi connectivity index (χ0v) is 17.0. The Morgan fingerprint density at radius 2 is 1.96 bits per heavy atom. The topological polar surface area (TPSA) is 56.1 Å². The van der Waals surface area contributed by atoms with Gasteiger partial charge in [-0.15, -0.1) is 0 Å². The van der Waals surface area contributed by atoms with Crippen LogP contribution >= 0.6 is 0 Å². The van der Waals surface area contributed by atoms with Crippen molar-refractivity contribution in [2.75, 3.05) is 13.7 Å². The molecular formula is C23H27N3O2. The highest BCUT2D eigenvalue weighted by Gasteiger charge is 2.19. The number of rotatable bonds is 7. The first kappa shape index (κ1) is 19.7. The van der Waals surface area contributed by atoms with E-state index in [1.54, 1.807) is 11.8 Å². The lowest BCUT2D eigenvalue weighted by molar-refractivity contribution is 0.0945. The van der Waals surface area contributed by atoms with Gasteiger partial charge in [-0.25, -0.2) is 4.68 Å². The van der Waals surface area contributed by atoms with Crippen molar-refractivity contribution in [3.05, 3.63) is 65.4 Å². The van der Waals surface area contributed by atoms with Gasteiger partial charge in [-0.05, 0) is 55.7 Å². The SMILES string of the molecule is CCCCNC(=O)c1cc(-c2cccc(OC)c2)nn1-c1cc(C)ccc1C. The second-order valence-electron chi connectivity index (χ2n) is 6.96. The first-order valence-electron chi connectivity index (χ1n) is 9.63. The largest absolute Gasteiger partial charge is 0.497 e. The Morgan fingerprint density at radius 1 is 1.14 bits per heavy atom. The molecule has 0 saturated heterocycles. The standard InChI is InChI=1S/C23H27N3O2/c1-5-6-12-24-23(27)22-15-20(18-8-7-9-19(14-18)28-4)25-26(22)21-13-16(2)10-11-17(21)3/h7-11,13-15H,5-6,12H2,1-4H3,(H,24,27). The monoisotopic (exact) mass is 377 g/mol. The maximum atomic E-state index is 12.9. The molecule has 5 heteroatoms. The van der Waals surface area contributed by atoms with Crippen LogP contribution in [0.15, 0.2) is 48.5 Å². The van der Waals surface area contributed by atoms with E-state index in [0.717, 1.165) is 46.7 Å². The maximum absolute atomic E-state index is 12.9. The Morgan fingerprint density at radius 3 is 2.71 bits per heavy atom. The second-order valence-corrected chi connectivity index (χ2v) is 6.96. The van der Waals surface area contributed by atoms with Gasteiger partial charge in [0, 0.05) is 12.1 Å². The zero-order valence-electron chi connectivity index (χ0n) is 17.0. The van der Waals surface area contributed by atoms with E-state index in [1.165, 1.54) is 0 Å². The maximum Gasteiger partial charge on any atom is 0.270 e. The summed E-state index contributed by atoms with van der Waals surface area (Å²) in [6.45, 7) is 6.83. The lowest BCUT2D eigenvalue weighted by Crippen LogP contribution is -2.26. The molecule has 0 aliphatic rings. The third kappa shape index (κ3) is 4.25. The molecule has 146 valence electrons. The summed E-state index contributed by atoms with van der Waals surface area (Å²) in [6.07, 6.45) is 1.98. The quantitative estimate of drug-likeness (QED) is 0.608. The van der Waals surface area contributed by atoms with Crippen molar-refractivity contribution in [2.24, 2.45) is 0 Å². The first-order chi connectivity index (χ1) is 13.5. The van der Waals surface area contributed by atoms with Crippen molar-refractivity contribution in [1.82, 2.24) is 15.1 Å². The van der Waals surface area contributed by atoms with Crippen molar-refractivity contribution in [1.29, 1.82) is 0 Å². The molecule has 1 heterocycles. The highest BCUT2D eigenvalue weighted by atomic mass is 16.5. The number of nitrogens with zero attached hydrogens (tertiary/aromatic N) is 2. The molecule has 0 unspecified atom stereocenters. The fraction of sp³-hybridized carbons (Fsp3) is 0.304. The Hall–Kier alpha value is -3.08. The van der Waals surface area contributed by atoms with E-state index in [0.29, 0.717) is 12.2 Å². The molecule has 5 nitrogen and oxygen atoms in total. The summed E-state index contributed by atoms with van der Waals surface area (Å²) in [4.78, 5) is 12.9. The molecule has 0 radical (unpaired) electrons. The van der Waals surface area contributed by atoms with Crippen LogP contribution in [0.3, 0.4) is 0 Å². The van der Waals surface area contributed by atoms with Crippen LogP contribution < -0.4 is 10.1 Å². The van der Waals surface area contributed by atoms with Crippen LogP contribution in [0.5, 0.6) is 5.75 Å². The van der Waals surface area contributed by atoms with Gasteiger partial charge in [-0.3, -0.25) is 4.79 Å². The van der Waals surface area contributed by atoms with Crippen LogP contribution in [0.1, 0.15) is 41.4 Å². The molecule has 2 aromatic carbocycles. The number of aryl methyl sites for hydroxylation is 2. The van der Waals surface area contributed by atoms with Crippen LogP contribution in [-0.2, 0) is 0 Å². The average molecular weight is 377 g/mol. The Kier molecular flexibility index (Phi) is 6.14. The molecule has 3 aromatic rings. The van der Waals surface area contributed by atoms with Gasteiger partial charge >= 0.3 is 0 Å². The van der Waals surface area contributed by atoms with Crippen molar-refractivity contribution < 1.29 is 9.53 Å². The molecule has 0 atom stereocenters. The van der Waals surface area contributed by atoms with Crippen LogP contribution in [0, 0.1) is 13.8 Å². The summed E-state index contributed by atoms with van der Waals surface area (Å²) in [5.41, 5.74) is 5.27.